The van der Waals surface area contributed by atoms with Gasteiger partial charge in [-0.3, -0.25) is 9.69 Å². The summed E-state index contributed by atoms with van der Waals surface area (Å²) in [6.45, 7) is -0.542. The van der Waals surface area contributed by atoms with E-state index in [9.17, 15) is 14.7 Å². The first-order valence-corrected chi connectivity index (χ1v) is 8.53. The number of carboxylic acids is 1. The minimum Gasteiger partial charge on any atom is -0.548 e. The van der Waals surface area contributed by atoms with Crippen LogP contribution in [0.3, 0.4) is 0 Å². The summed E-state index contributed by atoms with van der Waals surface area (Å²) >= 11 is 6.12. The van der Waals surface area contributed by atoms with Gasteiger partial charge in [0.2, 0.25) is 0 Å². The molecule has 3 rings (SSSR count). The van der Waals surface area contributed by atoms with E-state index in [0.29, 0.717) is 16.4 Å². The number of rotatable bonds is 5. The van der Waals surface area contributed by atoms with Crippen molar-refractivity contribution in [1.29, 1.82) is 0 Å². The Kier molecular flexibility index (Phi) is 5.16. The number of thiocarbonyl (C=S) groups is 1. The summed E-state index contributed by atoms with van der Waals surface area (Å²) in [7, 11) is 0. The summed E-state index contributed by atoms with van der Waals surface area (Å²) in [5, 5.41) is 10.7. The highest BCUT2D eigenvalue weighted by molar-refractivity contribution is 8.26. The Morgan fingerprint density at radius 1 is 1.16 bits per heavy atom. The quantitative estimate of drug-likeness (QED) is 0.595. The second-order valence-corrected chi connectivity index (χ2v) is 6.80. The van der Waals surface area contributed by atoms with E-state index in [1.54, 1.807) is 12.1 Å². The average Bonchev–Trinajstić information content (AvgIpc) is 2.83. The van der Waals surface area contributed by atoms with Crippen molar-refractivity contribution in [3.8, 4) is 11.5 Å². The summed E-state index contributed by atoms with van der Waals surface area (Å²) in [6, 6.07) is 16.6. The van der Waals surface area contributed by atoms with E-state index in [-0.39, 0.29) is 4.32 Å². The van der Waals surface area contributed by atoms with E-state index < -0.39 is 18.4 Å². The molecule has 1 aliphatic rings. The number of thioether (sulfide) groups is 1. The maximum atomic E-state index is 12.3. The molecule has 7 heteroatoms. The van der Waals surface area contributed by atoms with Gasteiger partial charge in [-0.15, -0.1) is 0 Å². The van der Waals surface area contributed by atoms with E-state index in [1.165, 1.54) is 0 Å². The lowest BCUT2D eigenvalue weighted by Crippen LogP contribution is -2.40. The van der Waals surface area contributed by atoms with Crippen molar-refractivity contribution >= 4 is 46.3 Å². The molecule has 0 saturated carbocycles. The molecule has 0 N–H and O–H groups in total. The molecule has 0 unspecified atom stereocenters. The number of hydrogen-bond acceptors (Lipinski definition) is 6. The molecule has 0 spiro atoms. The molecule has 1 saturated heterocycles. The summed E-state index contributed by atoms with van der Waals surface area (Å²) in [5.41, 5.74) is 0.752. The number of carboxylic acid groups (broad SMARTS) is 1. The average molecular weight is 370 g/mol. The smallest absolute Gasteiger partial charge is 0.266 e. The molecule has 2 aromatic rings. The normalized spacial score (nSPS) is 15.7. The van der Waals surface area contributed by atoms with E-state index in [0.717, 1.165) is 22.2 Å². The topological polar surface area (TPSA) is 69.7 Å². The number of amides is 1. The van der Waals surface area contributed by atoms with Crippen LogP contribution in [0, 0.1) is 0 Å². The van der Waals surface area contributed by atoms with Gasteiger partial charge < -0.3 is 14.6 Å². The Morgan fingerprint density at radius 2 is 1.88 bits per heavy atom. The van der Waals surface area contributed by atoms with Crippen LogP contribution in [0.5, 0.6) is 11.5 Å². The molecule has 5 nitrogen and oxygen atoms in total. The highest BCUT2D eigenvalue weighted by Crippen LogP contribution is 2.33. The predicted octanol–water partition coefficient (Wildman–Crippen LogP) is 2.43. The number of carbonyl (C=O) groups excluding carboxylic acids is 2. The Morgan fingerprint density at radius 3 is 2.60 bits per heavy atom. The number of hydrogen-bond donors (Lipinski definition) is 0. The second kappa shape index (κ2) is 7.50. The summed E-state index contributed by atoms with van der Waals surface area (Å²) in [6.07, 6.45) is 1.66. The van der Waals surface area contributed by atoms with Crippen LogP contribution in [-0.2, 0) is 9.59 Å². The Bertz CT molecular complexity index is 864. The van der Waals surface area contributed by atoms with Crippen molar-refractivity contribution in [2.24, 2.45) is 0 Å². The number of para-hydroxylation sites is 1. The third kappa shape index (κ3) is 4.26. The highest BCUT2D eigenvalue weighted by Gasteiger charge is 2.31. The number of benzene rings is 2. The third-order valence-electron chi connectivity index (χ3n) is 3.30. The highest BCUT2D eigenvalue weighted by atomic mass is 32.2. The first kappa shape index (κ1) is 17.2. The van der Waals surface area contributed by atoms with Gasteiger partial charge in [-0.25, -0.2) is 0 Å². The van der Waals surface area contributed by atoms with Crippen molar-refractivity contribution in [2.75, 3.05) is 6.54 Å². The molecule has 25 heavy (non-hydrogen) atoms. The summed E-state index contributed by atoms with van der Waals surface area (Å²) < 4.78 is 5.97. The lowest BCUT2D eigenvalue weighted by atomic mass is 10.2. The van der Waals surface area contributed by atoms with Gasteiger partial charge in [-0.1, -0.05) is 54.3 Å². The minimum atomic E-state index is -1.35. The summed E-state index contributed by atoms with van der Waals surface area (Å²) in [4.78, 5) is 24.4. The maximum Gasteiger partial charge on any atom is 0.266 e. The summed E-state index contributed by atoms with van der Waals surface area (Å²) in [5.74, 6) is -0.450. The number of aliphatic carboxylic acids is 1. The van der Waals surface area contributed by atoms with Gasteiger partial charge in [-0.2, -0.15) is 0 Å². The zero-order valence-electron chi connectivity index (χ0n) is 12.9. The molecule has 0 aromatic heterocycles. The van der Waals surface area contributed by atoms with Crippen molar-refractivity contribution in [1.82, 2.24) is 4.90 Å². The first-order chi connectivity index (χ1) is 12.0. The number of carbonyl (C=O) groups is 2. The van der Waals surface area contributed by atoms with Crippen LogP contribution in [0.15, 0.2) is 59.5 Å². The number of ether oxygens (including phenoxy) is 1. The largest absolute Gasteiger partial charge is 0.548 e. The standard InChI is InChI=1S/C18H13NO4S2/c20-16(21)11-19-17(22)15(25-18(19)24)10-12-5-4-8-14(9-12)23-13-6-2-1-3-7-13/h1-10H,11H2,(H,20,21)/p-1/b15-10-. The second-order valence-electron chi connectivity index (χ2n) is 5.13. The van der Waals surface area contributed by atoms with Crippen molar-refractivity contribution in [2.45, 2.75) is 0 Å². The maximum absolute atomic E-state index is 12.3. The van der Waals surface area contributed by atoms with Crippen molar-refractivity contribution in [3.05, 3.63) is 65.1 Å². The fourth-order valence-electron chi connectivity index (χ4n) is 2.21. The molecule has 0 radical (unpaired) electrons. The minimum absolute atomic E-state index is 0.206. The van der Waals surface area contributed by atoms with Gasteiger partial charge >= 0.3 is 0 Å². The first-order valence-electron chi connectivity index (χ1n) is 7.31. The fraction of sp³-hybridized carbons (Fsp3) is 0.0556. The zero-order chi connectivity index (χ0) is 17.8. The SMILES string of the molecule is O=C([O-])CN1C(=O)/C(=C/c2cccc(Oc3ccccc3)c2)SC1=S. The molecular formula is C18H12NO4S2-. The molecule has 1 amide bonds. The van der Waals surface area contributed by atoms with Gasteiger partial charge in [0.1, 0.15) is 15.8 Å². The number of nitrogens with zero attached hydrogens (tertiary/aromatic N) is 1. The van der Waals surface area contributed by atoms with Crippen LogP contribution < -0.4 is 9.84 Å². The lowest BCUT2D eigenvalue weighted by molar-refractivity contribution is -0.305. The predicted molar refractivity (Wildman–Crippen MR) is 97.8 cm³/mol. The van der Waals surface area contributed by atoms with E-state index in [4.69, 9.17) is 17.0 Å². The lowest BCUT2D eigenvalue weighted by Gasteiger charge is -2.14. The Balaban J connectivity index is 1.80. The molecule has 1 fully saturated rings. The molecule has 0 atom stereocenters. The van der Waals surface area contributed by atoms with Gasteiger partial charge in [0.15, 0.2) is 0 Å². The monoisotopic (exact) mass is 370 g/mol. The molecule has 0 aliphatic carbocycles. The van der Waals surface area contributed by atoms with Gasteiger partial charge in [0.05, 0.1) is 17.4 Å². The Hall–Kier alpha value is -2.64. The van der Waals surface area contributed by atoms with E-state index in [1.807, 2.05) is 48.5 Å². The molecule has 2 aromatic carbocycles. The third-order valence-corrected chi connectivity index (χ3v) is 4.67. The Labute approximate surface area is 153 Å². The molecule has 1 aliphatic heterocycles. The van der Waals surface area contributed by atoms with Crippen LogP contribution in [-0.4, -0.2) is 27.6 Å². The molecular weight excluding hydrogens is 358 g/mol. The van der Waals surface area contributed by atoms with Crippen LogP contribution in [0.25, 0.3) is 6.08 Å². The van der Waals surface area contributed by atoms with Crippen molar-refractivity contribution in [3.63, 3.8) is 0 Å². The molecule has 1 heterocycles. The van der Waals surface area contributed by atoms with E-state index >= 15 is 0 Å². The van der Waals surface area contributed by atoms with Crippen LogP contribution in [0.4, 0.5) is 0 Å². The van der Waals surface area contributed by atoms with Gasteiger partial charge in [-0.05, 0) is 35.9 Å². The van der Waals surface area contributed by atoms with Gasteiger partial charge in [0.25, 0.3) is 5.91 Å². The van der Waals surface area contributed by atoms with Gasteiger partial charge in [0, 0.05) is 0 Å². The van der Waals surface area contributed by atoms with E-state index in [2.05, 4.69) is 0 Å². The van der Waals surface area contributed by atoms with Crippen LogP contribution >= 0.6 is 24.0 Å². The fourth-order valence-corrected chi connectivity index (χ4v) is 3.46. The zero-order valence-corrected chi connectivity index (χ0v) is 14.5. The molecule has 0 bridgehead atoms. The van der Waals surface area contributed by atoms with Crippen LogP contribution in [0.2, 0.25) is 0 Å². The van der Waals surface area contributed by atoms with Crippen LogP contribution in [0.1, 0.15) is 5.56 Å². The van der Waals surface area contributed by atoms with Crippen molar-refractivity contribution < 1.29 is 19.4 Å². The molecule has 126 valence electrons.